The van der Waals surface area contributed by atoms with Crippen LogP contribution in [-0.2, 0) is 11.8 Å². The van der Waals surface area contributed by atoms with Crippen molar-refractivity contribution in [2.45, 2.75) is 25.6 Å². The summed E-state index contributed by atoms with van der Waals surface area (Å²) in [5, 5.41) is 11.8. The smallest absolute Gasteiger partial charge is 0.387 e. The molecular formula is C20H20F2N4O2S. The van der Waals surface area contributed by atoms with Gasteiger partial charge in [-0.2, -0.15) is 8.78 Å². The van der Waals surface area contributed by atoms with Crippen LogP contribution in [0.5, 0.6) is 5.75 Å². The molecule has 0 spiro atoms. The molecule has 1 heterocycles. The van der Waals surface area contributed by atoms with Crippen molar-refractivity contribution < 1.29 is 18.3 Å². The molecule has 1 aromatic heterocycles. The topological polar surface area (TPSA) is 69.0 Å². The number of anilines is 1. The average Bonchev–Trinajstić information content (AvgIpc) is 3.04. The number of carbonyl (C=O) groups is 1. The Kier molecular flexibility index (Phi) is 6.48. The van der Waals surface area contributed by atoms with Crippen LogP contribution in [0, 0.1) is 13.8 Å². The number of aromatic nitrogens is 3. The summed E-state index contributed by atoms with van der Waals surface area (Å²) in [5.74, 6) is 0.682. The van der Waals surface area contributed by atoms with Gasteiger partial charge in [0.1, 0.15) is 5.75 Å². The van der Waals surface area contributed by atoms with Crippen molar-refractivity contribution in [3.05, 3.63) is 53.6 Å². The first-order chi connectivity index (χ1) is 13.8. The van der Waals surface area contributed by atoms with Gasteiger partial charge in [-0.3, -0.25) is 4.79 Å². The Morgan fingerprint density at radius 1 is 1.14 bits per heavy atom. The molecule has 0 atom stereocenters. The fourth-order valence-corrected chi connectivity index (χ4v) is 3.51. The maximum absolute atomic E-state index is 12.3. The third kappa shape index (κ3) is 5.11. The monoisotopic (exact) mass is 418 g/mol. The Labute approximate surface area is 171 Å². The van der Waals surface area contributed by atoms with Crippen LogP contribution in [-0.4, -0.2) is 33.0 Å². The number of nitrogens with one attached hydrogen (secondary N) is 1. The number of nitrogens with zero attached hydrogens (tertiary/aromatic N) is 3. The summed E-state index contributed by atoms with van der Waals surface area (Å²) in [6.07, 6.45) is 0. The first kappa shape index (κ1) is 20.8. The molecule has 0 aliphatic carbocycles. The van der Waals surface area contributed by atoms with Gasteiger partial charge in [0, 0.05) is 18.3 Å². The highest BCUT2D eigenvalue weighted by Crippen LogP contribution is 2.25. The molecule has 1 amide bonds. The van der Waals surface area contributed by atoms with E-state index in [1.165, 1.54) is 23.9 Å². The van der Waals surface area contributed by atoms with E-state index in [1.807, 2.05) is 32.0 Å². The predicted molar refractivity (Wildman–Crippen MR) is 108 cm³/mol. The lowest BCUT2D eigenvalue weighted by molar-refractivity contribution is -0.113. The van der Waals surface area contributed by atoms with Crippen LogP contribution in [0.15, 0.2) is 47.6 Å². The van der Waals surface area contributed by atoms with E-state index in [2.05, 4.69) is 20.3 Å². The number of aryl methyl sites for hydroxylation is 2. The summed E-state index contributed by atoms with van der Waals surface area (Å²) in [6, 6.07) is 12.0. The van der Waals surface area contributed by atoms with E-state index in [4.69, 9.17) is 0 Å². The molecule has 0 fully saturated rings. The second-order valence-electron chi connectivity index (χ2n) is 6.37. The van der Waals surface area contributed by atoms with Crippen molar-refractivity contribution in [3.63, 3.8) is 0 Å². The van der Waals surface area contributed by atoms with E-state index in [9.17, 15) is 13.6 Å². The second kappa shape index (κ2) is 9.04. The third-order valence-electron chi connectivity index (χ3n) is 4.25. The van der Waals surface area contributed by atoms with Gasteiger partial charge in [-0.25, -0.2) is 0 Å². The van der Waals surface area contributed by atoms with Gasteiger partial charge < -0.3 is 14.6 Å². The number of rotatable bonds is 7. The minimum Gasteiger partial charge on any atom is -0.435 e. The number of thioether (sulfide) groups is 1. The molecule has 0 unspecified atom stereocenters. The van der Waals surface area contributed by atoms with Gasteiger partial charge in [-0.05, 0) is 49.2 Å². The summed E-state index contributed by atoms with van der Waals surface area (Å²) in [4.78, 5) is 12.3. The Morgan fingerprint density at radius 2 is 1.79 bits per heavy atom. The Bertz CT molecular complexity index is 986. The highest BCUT2D eigenvalue weighted by Gasteiger charge is 2.14. The predicted octanol–water partition coefficient (Wildman–Crippen LogP) is 4.43. The van der Waals surface area contributed by atoms with Crippen molar-refractivity contribution in [3.8, 4) is 17.1 Å². The molecule has 9 heteroatoms. The van der Waals surface area contributed by atoms with Gasteiger partial charge in [-0.1, -0.05) is 30.0 Å². The molecule has 6 nitrogen and oxygen atoms in total. The van der Waals surface area contributed by atoms with E-state index in [0.29, 0.717) is 16.5 Å². The van der Waals surface area contributed by atoms with Gasteiger partial charge in [0.2, 0.25) is 5.91 Å². The van der Waals surface area contributed by atoms with Gasteiger partial charge >= 0.3 is 6.61 Å². The first-order valence-electron chi connectivity index (χ1n) is 8.78. The van der Waals surface area contributed by atoms with E-state index in [1.54, 1.807) is 23.7 Å². The zero-order chi connectivity index (χ0) is 21.0. The average molecular weight is 418 g/mol. The summed E-state index contributed by atoms with van der Waals surface area (Å²) in [6.45, 7) is 1.03. The Balaban J connectivity index is 1.64. The van der Waals surface area contributed by atoms with Crippen LogP contribution in [0.2, 0.25) is 0 Å². The van der Waals surface area contributed by atoms with E-state index in [-0.39, 0.29) is 17.4 Å². The van der Waals surface area contributed by atoms with Gasteiger partial charge in [-0.15, -0.1) is 10.2 Å². The van der Waals surface area contributed by atoms with E-state index < -0.39 is 6.61 Å². The van der Waals surface area contributed by atoms with Crippen molar-refractivity contribution >= 4 is 23.4 Å². The minimum atomic E-state index is -2.87. The van der Waals surface area contributed by atoms with Crippen molar-refractivity contribution in [1.29, 1.82) is 0 Å². The molecule has 2 aromatic carbocycles. The maximum Gasteiger partial charge on any atom is 0.387 e. The van der Waals surface area contributed by atoms with Crippen LogP contribution >= 0.6 is 11.8 Å². The van der Waals surface area contributed by atoms with Crippen molar-refractivity contribution in [1.82, 2.24) is 14.8 Å². The summed E-state index contributed by atoms with van der Waals surface area (Å²) in [7, 11) is 1.78. The highest BCUT2D eigenvalue weighted by atomic mass is 32.2. The van der Waals surface area contributed by atoms with Crippen LogP contribution in [0.25, 0.3) is 11.4 Å². The lowest BCUT2D eigenvalue weighted by Crippen LogP contribution is -2.16. The van der Waals surface area contributed by atoms with E-state index >= 15 is 0 Å². The molecular weight excluding hydrogens is 398 g/mol. The molecule has 3 rings (SSSR count). The van der Waals surface area contributed by atoms with Crippen molar-refractivity contribution in [2.75, 3.05) is 11.1 Å². The molecule has 0 saturated heterocycles. The SMILES string of the molecule is Cc1cccc(C)c1NC(=O)CSc1nnc(-c2ccc(OC(F)F)cc2)n1C. The standard InChI is InChI=1S/C20H20F2N4O2S/c1-12-5-4-6-13(2)17(12)23-16(27)11-29-20-25-24-18(26(20)3)14-7-9-15(10-8-14)28-19(21)22/h4-10,19H,11H2,1-3H3,(H,23,27). The Morgan fingerprint density at radius 3 is 2.41 bits per heavy atom. The van der Waals surface area contributed by atoms with Crippen molar-refractivity contribution in [2.24, 2.45) is 7.05 Å². The number of hydrogen-bond acceptors (Lipinski definition) is 5. The molecule has 0 radical (unpaired) electrons. The number of amides is 1. The van der Waals surface area contributed by atoms with Gasteiger partial charge in [0.15, 0.2) is 11.0 Å². The molecule has 0 aliphatic rings. The lowest BCUT2D eigenvalue weighted by atomic mass is 10.1. The zero-order valence-electron chi connectivity index (χ0n) is 16.1. The van der Waals surface area contributed by atoms with Crippen LogP contribution in [0.4, 0.5) is 14.5 Å². The number of carbonyl (C=O) groups excluding carboxylic acids is 1. The number of alkyl halides is 2. The van der Waals surface area contributed by atoms with Crippen LogP contribution in [0.3, 0.4) is 0 Å². The number of para-hydroxylation sites is 1. The minimum absolute atomic E-state index is 0.0729. The normalized spacial score (nSPS) is 11.0. The second-order valence-corrected chi connectivity index (χ2v) is 7.31. The molecule has 1 N–H and O–H groups in total. The summed E-state index contributed by atoms with van der Waals surface area (Å²) < 4.78 is 30.6. The van der Waals surface area contributed by atoms with E-state index in [0.717, 1.165) is 16.8 Å². The van der Waals surface area contributed by atoms with Gasteiger partial charge in [0.25, 0.3) is 0 Å². The fraction of sp³-hybridized carbons (Fsp3) is 0.250. The lowest BCUT2D eigenvalue weighted by Gasteiger charge is -2.11. The molecule has 0 saturated carbocycles. The van der Waals surface area contributed by atoms with Crippen LogP contribution < -0.4 is 10.1 Å². The third-order valence-corrected chi connectivity index (χ3v) is 5.27. The molecule has 0 bridgehead atoms. The maximum atomic E-state index is 12.3. The number of halogens is 2. The molecule has 0 aliphatic heterocycles. The number of ether oxygens (including phenoxy) is 1. The first-order valence-corrected chi connectivity index (χ1v) is 9.77. The summed E-state index contributed by atoms with van der Waals surface area (Å²) in [5.41, 5.74) is 3.53. The number of benzene rings is 2. The molecule has 3 aromatic rings. The number of hydrogen-bond donors (Lipinski definition) is 1. The highest BCUT2D eigenvalue weighted by molar-refractivity contribution is 7.99. The fourth-order valence-electron chi connectivity index (χ4n) is 2.79. The molecule has 29 heavy (non-hydrogen) atoms. The zero-order valence-corrected chi connectivity index (χ0v) is 17.0. The van der Waals surface area contributed by atoms with Gasteiger partial charge in [0.05, 0.1) is 5.75 Å². The largest absolute Gasteiger partial charge is 0.435 e. The molecule has 152 valence electrons. The Hall–Kier alpha value is -2.94. The quantitative estimate of drug-likeness (QED) is 0.575. The van der Waals surface area contributed by atoms with Crippen LogP contribution in [0.1, 0.15) is 11.1 Å². The summed E-state index contributed by atoms with van der Waals surface area (Å²) >= 11 is 1.27.